The van der Waals surface area contributed by atoms with E-state index in [1.165, 1.54) is 5.56 Å². The molecule has 1 amide bonds. The first kappa shape index (κ1) is 28.1. The van der Waals surface area contributed by atoms with Crippen molar-refractivity contribution in [2.45, 2.75) is 6.54 Å². The van der Waals surface area contributed by atoms with Gasteiger partial charge in [0.15, 0.2) is 0 Å². The van der Waals surface area contributed by atoms with Crippen molar-refractivity contribution < 1.29 is 9.53 Å². The van der Waals surface area contributed by atoms with E-state index in [-0.39, 0.29) is 5.91 Å². The molecule has 0 aliphatic carbocycles. The second-order valence-corrected chi connectivity index (χ2v) is 11.3. The van der Waals surface area contributed by atoms with Crippen LogP contribution in [0.25, 0.3) is 10.9 Å². The zero-order valence-electron chi connectivity index (χ0n) is 23.5. The maximum atomic E-state index is 13.5. The van der Waals surface area contributed by atoms with Gasteiger partial charge in [0.1, 0.15) is 11.4 Å². The predicted octanol–water partition coefficient (Wildman–Crippen LogP) is 7.40. The monoisotopic (exact) mass is 599 g/mol. The van der Waals surface area contributed by atoms with E-state index >= 15 is 0 Å². The Morgan fingerprint density at radius 1 is 0.881 bits per heavy atom. The molecule has 0 radical (unpaired) electrons. The highest BCUT2D eigenvalue weighted by Gasteiger charge is 2.25. The van der Waals surface area contributed by atoms with Crippen molar-refractivity contribution in [3.8, 4) is 11.6 Å². The van der Waals surface area contributed by atoms with Crippen LogP contribution in [0.15, 0.2) is 91.1 Å². The molecule has 6 rings (SSSR count). The zero-order valence-corrected chi connectivity index (χ0v) is 25.0. The van der Waals surface area contributed by atoms with E-state index < -0.39 is 0 Å². The predicted molar refractivity (Wildman–Crippen MR) is 169 cm³/mol. The molecule has 42 heavy (non-hydrogen) atoms. The van der Waals surface area contributed by atoms with Crippen LogP contribution >= 0.6 is 23.2 Å². The smallest absolute Gasteiger partial charge is 0.270 e. The molecule has 0 bridgehead atoms. The number of carbonyl (C=O) groups is 1. The van der Waals surface area contributed by atoms with Crippen LogP contribution in [0.4, 0.5) is 11.4 Å². The fraction of sp³-hybridized carbons (Fsp3) is 0.212. The average molecular weight is 601 g/mol. The number of hydrogen-bond acceptors (Lipinski definition) is 5. The number of nitrogens with zero attached hydrogens (tertiary/aromatic N) is 5. The Balaban J connectivity index is 1.11. The Kier molecular flexibility index (Phi) is 8.07. The number of halogens is 2. The molecular weight excluding hydrogens is 569 g/mol. The largest absolute Gasteiger partial charge is 0.439 e. The first-order valence-electron chi connectivity index (χ1n) is 13.8. The molecule has 0 atom stereocenters. The molecule has 0 spiro atoms. The fourth-order valence-electron chi connectivity index (χ4n) is 5.30. The Morgan fingerprint density at radius 2 is 1.64 bits per heavy atom. The van der Waals surface area contributed by atoms with Crippen molar-refractivity contribution in [2.24, 2.45) is 7.05 Å². The molecule has 5 aromatic rings. The van der Waals surface area contributed by atoms with Crippen molar-refractivity contribution in [3.63, 3.8) is 0 Å². The number of amides is 1. The molecule has 2 aromatic heterocycles. The van der Waals surface area contributed by atoms with Gasteiger partial charge in [-0.1, -0.05) is 53.5 Å². The van der Waals surface area contributed by atoms with Crippen LogP contribution in [0, 0.1) is 0 Å². The van der Waals surface area contributed by atoms with Crippen LogP contribution in [0.3, 0.4) is 0 Å². The number of rotatable bonds is 7. The number of aryl methyl sites for hydroxylation is 1. The summed E-state index contributed by atoms with van der Waals surface area (Å²) in [4.78, 5) is 24.3. The third kappa shape index (κ3) is 5.95. The molecule has 1 saturated heterocycles. The molecule has 1 aliphatic heterocycles. The van der Waals surface area contributed by atoms with E-state index in [1.54, 1.807) is 12.3 Å². The summed E-state index contributed by atoms with van der Waals surface area (Å²) in [5.74, 6) is 1.18. The van der Waals surface area contributed by atoms with E-state index in [9.17, 15) is 4.79 Å². The lowest BCUT2D eigenvalue weighted by Gasteiger charge is -2.34. The topological polar surface area (TPSA) is 53.8 Å². The summed E-state index contributed by atoms with van der Waals surface area (Å²) >= 11 is 12.2. The van der Waals surface area contributed by atoms with Gasteiger partial charge in [0.05, 0.1) is 21.9 Å². The van der Waals surface area contributed by atoms with Crippen molar-refractivity contribution in [2.75, 3.05) is 38.1 Å². The van der Waals surface area contributed by atoms with E-state index in [0.717, 1.165) is 41.9 Å². The normalized spacial score (nSPS) is 13.9. The number of pyridine rings is 1. The van der Waals surface area contributed by atoms with E-state index in [0.29, 0.717) is 40.5 Å². The molecule has 7 nitrogen and oxygen atoms in total. The standard InChI is InChI=1S/C33H31Cl2N5O2/c1-37(25-8-11-28(34)29(35)20-25)26-9-13-32(36-21-26)42-27-10-12-30-24(18-27)19-31(38(30)2)33(41)40-16-14-39(15-17-40)22-23-6-4-3-5-7-23/h3-13,18-21H,14-17,22H2,1-2H3. The first-order valence-corrected chi connectivity index (χ1v) is 14.6. The number of hydrogen-bond donors (Lipinski definition) is 0. The number of ether oxygens (including phenoxy) is 1. The minimum atomic E-state index is 0.0545. The lowest BCUT2D eigenvalue weighted by atomic mass is 10.2. The summed E-state index contributed by atoms with van der Waals surface area (Å²) in [5.41, 5.74) is 4.72. The SMILES string of the molecule is CN(c1ccc(Oc2ccc3c(c2)cc(C(=O)N2CCN(Cc4ccccc4)CC2)n3C)nc1)c1ccc(Cl)c(Cl)c1. The van der Waals surface area contributed by atoms with Gasteiger partial charge in [-0.25, -0.2) is 4.98 Å². The van der Waals surface area contributed by atoms with E-state index in [2.05, 4.69) is 34.1 Å². The lowest BCUT2D eigenvalue weighted by molar-refractivity contribution is 0.0619. The Bertz CT molecular complexity index is 1710. The minimum Gasteiger partial charge on any atom is -0.439 e. The molecule has 1 fully saturated rings. The molecule has 0 N–H and O–H groups in total. The molecular formula is C33H31Cl2N5O2. The number of piperazine rings is 1. The molecule has 214 valence electrons. The van der Waals surface area contributed by atoms with Crippen LogP contribution in [-0.4, -0.2) is 58.5 Å². The van der Waals surface area contributed by atoms with Gasteiger partial charge >= 0.3 is 0 Å². The van der Waals surface area contributed by atoms with Gasteiger partial charge in [-0.05, 0) is 54.1 Å². The van der Waals surface area contributed by atoms with Gasteiger partial charge in [-0.2, -0.15) is 0 Å². The van der Waals surface area contributed by atoms with Gasteiger partial charge in [-0.15, -0.1) is 0 Å². The summed E-state index contributed by atoms with van der Waals surface area (Å²) < 4.78 is 8.03. The maximum Gasteiger partial charge on any atom is 0.270 e. The van der Waals surface area contributed by atoms with Crippen molar-refractivity contribution in [1.29, 1.82) is 0 Å². The highest BCUT2D eigenvalue weighted by atomic mass is 35.5. The number of carbonyl (C=O) groups excluding carboxylic acids is 1. The number of fused-ring (bicyclic) bond motifs is 1. The van der Waals surface area contributed by atoms with Crippen LogP contribution < -0.4 is 9.64 Å². The molecule has 1 aliphatic rings. The molecule has 0 saturated carbocycles. The van der Waals surface area contributed by atoms with E-state index in [1.807, 2.05) is 83.1 Å². The van der Waals surface area contributed by atoms with Gasteiger partial charge in [-0.3, -0.25) is 9.69 Å². The van der Waals surface area contributed by atoms with Crippen molar-refractivity contribution >= 4 is 51.4 Å². The van der Waals surface area contributed by atoms with Crippen LogP contribution in [0.2, 0.25) is 10.0 Å². The van der Waals surface area contributed by atoms with Crippen LogP contribution in [0.5, 0.6) is 11.6 Å². The quantitative estimate of drug-likeness (QED) is 0.195. The molecule has 3 aromatic carbocycles. The summed E-state index contributed by atoms with van der Waals surface area (Å²) in [6.45, 7) is 4.05. The first-order chi connectivity index (χ1) is 20.4. The fourth-order valence-corrected chi connectivity index (χ4v) is 5.60. The van der Waals surface area contributed by atoms with Crippen molar-refractivity contribution in [1.82, 2.24) is 19.4 Å². The second kappa shape index (κ2) is 12.1. The van der Waals surface area contributed by atoms with E-state index in [4.69, 9.17) is 27.9 Å². The van der Waals surface area contributed by atoms with Crippen LogP contribution in [0.1, 0.15) is 16.1 Å². The Morgan fingerprint density at radius 3 is 2.36 bits per heavy atom. The molecule has 9 heteroatoms. The molecule has 0 unspecified atom stereocenters. The summed E-state index contributed by atoms with van der Waals surface area (Å²) in [6.07, 6.45) is 1.75. The summed E-state index contributed by atoms with van der Waals surface area (Å²) in [6, 6.07) is 27.5. The Labute approximate surface area is 255 Å². The van der Waals surface area contributed by atoms with Gasteiger partial charge < -0.3 is 19.1 Å². The average Bonchev–Trinajstić information content (AvgIpc) is 3.34. The lowest BCUT2D eigenvalue weighted by Crippen LogP contribution is -2.48. The second-order valence-electron chi connectivity index (χ2n) is 10.5. The summed E-state index contributed by atoms with van der Waals surface area (Å²) in [7, 11) is 3.87. The van der Waals surface area contributed by atoms with Gasteiger partial charge in [0.25, 0.3) is 5.91 Å². The highest BCUT2D eigenvalue weighted by Crippen LogP contribution is 2.32. The zero-order chi connectivity index (χ0) is 29.2. The number of anilines is 2. The minimum absolute atomic E-state index is 0.0545. The third-order valence-corrected chi connectivity index (χ3v) is 8.50. The third-order valence-electron chi connectivity index (χ3n) is 7.76. The number of aromatic nitrogens is 2. The number of benzene rings is 3. The van der Waals surface area contributed by atoms with Crippen LogP contribution in [-0.2, 0) is 13.6 Å². The molecule has 3 heterocycles. The van der Waals surface area contributed by atoms with Gasteiger partial charge in [0, 0.05) is 69.5 Å². The highest BCUT2D eigenvalue weighted by molar-refractivity contribution is 6.42. The summed E-state index contributed by atoms with van der Waals surface area (Å²) in [5, 5.41) is 1.95. The maximum absolute atomic E-state index is 13.5. The van der Waals surface area contributed by atoms with Gasteiger partial charge in [0.2, 0.25) is 5.88 Å². The van der Waals surface area contributed by atoms with Crippen molar-refractivity contribution in [3.05, 3.63) is 112 Å². The Hall–Kier alpha value is -4.04.